The Morgan fingerprint density at radius 1 is 1.32 bits per heavy atom. The number of halogens is 1. The van der Waals surface area contributed by atoms with E-state index in [9.17, 15) is 4.79 Å². The Balaban J connectivity index is 0.00000182. The number of pyridine rings is 1. The van der Waals surface area contributed by atoms with Crippen molar-refractivity contribution in [2.75, 3.05) is 20.2 Å². The van der Waals surface area contributed by atoms with Crippen LogP contribution >= 0.6 is 12.4 Å². The Morgan fingerprint density at radius 2 is 1.96 bits per heavy atom. The maximum Gasteiger partial charge on any atom is 0.267 e. The van der Waals surface area contributed by atoms with Crippen molar-refractivity contribution in [2.24, 2.45) is 17.6 Å². The number of nitrogens with two attached hydrogens (primary N) is 1. The second-order valence-corrected chi connectivity index (χ2v) is 8.02. The molecular weight excluding hydrogens is 338 g/mol. The van der Waals surface area contributed by atoms with Gasteiger partial charge in [-0.05, 0) is 50.3 Å². The highest BCUT2D eigenvalue weighted by Crippen LogP contribution is 2.55. The molecular formula is C19H28ClN3O2. The summed E-state index contributed by atoms with van der Waals surface area (Å²) in [6.07, 6.45) is 7.93. The van der Waals surface area contributed by atoms with E-state index in [1.807, 2.05) is 19.2 Å². The third-order valence-corrected chi connectivity index (χ3v) is 6.74. The van der Waals surface area contributed by atoms with Gasteiger partial charge in [0.25, 0.3) is 5.91 Å². The minimum Gasteiger partial charge on any atom is -0.373 e. The van der Waals surface area contributed by atoms with Crippen molar-refractivity contribution >= 4 is 18.3 Å². The first-order valence-electron chi connectivity index (χ1n) is 9.06. The van der Waals surface area contributed by atoms with E-state index in [0.717, 1.165) is 18.7 Å². The maximum atomic E-state index is 11.6. The number of aromatic nitrogens is 1. The molecule has 0 aromatic carbocycles. The molecule has 4 rings (SSSR count). The first kappa shape index (κ1) is 18.6. The van der Waals surface area contributed by atoms with Gasteiger partial charge in [0, 0.05) is 43.8 Å². The fraction of sp³-hybridized carbons (Fsp3) is 0.684. The molecule has 2 heterocycles. The number of nitrogens with zero attached hydrogens (tertiary/aromatic N) is 2. The summed E-state index contributed by atoms with van der Waals surface area (Å²) >= 11 is 0. The van der Waals surface area contributed by atoms with Crippen LogP contribution in [0.3, 0.4) is 0 Å². The first-order valence-corrected chi connectivity index (χ1v) is 9.06. The van der Waals surface area contributed by atoms with E-state index >= 15 is 0 Å². The predicted octanol–water partition coefficient (Wildman–Crippen LogP) is 2.73. The fourth-order valence-corrected chi connectivity index (χ4v) is 5.10. The predicted molar refractivity (Wildman–Crippen MR) is 98.7 cm³/mol. The Kier molecular flexibility index (Phi) is 4.86. The molecule has 3 fully saturated rings. The summed E-state index contributed by atoms with van der Waals surface area (Å²) in [6, 6.07) is 3.86. The number of hydrogen-bond donors (Lipinski definition) is 1. The van der Waals surface area contributed by atoms with Gasteiger partial charge in [-0.3, -0.25) is 14.7 Å². The van der Waals surface area contributed by atoms with Crippen LogP contribution in [0.5, 0.6) is 0 Å². The molecule has 1 saturated heterocycles. The number of hydrogen-bond acceptors (Lipinski definition) is 4. The molecule has 2 N–H and O–H groups in total. The molecule has 2 saturated carbocycles. The molecule has 2 bridgehead atoms. The molecule has 5 nitrogen and oxygen atoms in total. The van der Waals surface area contributed by atoms with Crippen LogP contribution in [-0.4, -0.2) is 41.5 Å². The number of ether oxygens (including phenoxy) is 1. The fourth-order valence-electron chi connectivity index (χ4n) is 5.10. The topological polar surface area (TPSA) is 68.5 Å². The lowest BCUT2D eigenvalue weighted by atomic mass is 9.62. The van der Waals surface area contributed by atoms with Crippen LogP contribution < -0.4 is 5.73 Å². The molecule has 1 aromatic rings. The van der Waals surface area contributed by atoms with Crippen molar-refractivity contribution in [3.05, 3.63) is 29.6 Å². The molecule has 0 spiro atoms. The van der Waals surface area contributed by atoms with Gasteiger partial charge in [0.15, 0.2) is 0 Å². The van der Waals surface area contributed by atoms with Crippen molar-refractivity contribution in [1.29, 1.82) is 0 Å². The second-order valence-electron chi connectivity index (χ2n) is 8.02. The van der Waals surface area contributed by atoms with E-state index < -0.39 is 5.91 Å². The van der Waals surface area contributed by atoms with Gasteiger partial charge < -0.3 is 10.5 Å². The number of methoxy groups -OCH3 is 1. The van der Waals surface area contributed by atoms with Gasteiger partial charge in [-0.15, -0.1) is 12.4 Å². The van der Waals surface area contributed by atoms with Crippen LogP contribution in [0.25, 0.3) is 0 Å². The molecule has 1 aliphatic heterocycles. The average Bonchev–Trinajstić information content (AvgIpc) is 3.32. The quantitative estimate of drug-likeness (QED) is 0.890. The molecule has 138 valence electrons. The van der Waals surface area contributed by atoms with E-state index in [1.54, 1.807) is 6.20 Å². The van der Waals surface area contributed by atoms with Crippen molar-refractivity contribution in [3.8, 4) is 0 Å². The number of carbonyl (C=O) groups excluding carboxylic acids is 1. The Morgan fingerprint density at radius 3 is 2.48 bits per heavy atom. The average molecular weight is 366 g/mol. The van der Waals surface area contributed by atoms with Crippen molar-refractivity contribution in [1.82, 2.24) is 9.88 Å². The monoisotopic (exact) mass is 365 g/mol. The summed E-state index contributed by atoms with van der Waals surface area (Å²) in [5, 5.41) is 0. The molecule has 1 aromatic heterocycles. The van der Waals surface area contributed by atoms with E-state index in [-0.39, 0.29) is 18.0 Å². The van der Waals surface area contributed by atoms with Gasteiger partial charge in [0.1, 0.15) is 11.3 Å². The maximum absolute atomic E-state index is 11.6. The van der Waals surface area contributed by atoms with Crippen LogP contribution in [0.4, 0.5) is 0 Å². The van der Waals surface area contributed by atoms with Crippen LogP contribution in [0, 0.1) is 11.8 Å². The zero-order valence-corrected chi connectivity index (χ0v) is 15.8. The number of fused-ring (bicyclic) bond motifs is 2. The summed E-state index contributed by atoms with van der Waals surface area (Å²) in [7, 11) is 1.82. The number of carbonyl (C=O) groups is 1. The van der Waals surface area contributed by atoms with Gasteiger partial charge in [0.05, 0.1) is 0 Å². The number of likely N-dealkylation sites (tertiary alicyclic amines) is 1. The van der Waals surface area contributed by atoms with Gasteiger partial charge in [0.2, 0.25) is 0 Å². The van der Waals surface area contributed by atoms with Crippen LogP contribution in [-0.2, 0) is 10.3 Å². The minimum atomic E-state index is -0.476. The third kappa shape index (κ3) is 2.86. The number of primary amides is 1. The van der Waals surface area contributed by atoms with Gasteiger partial charge in [-0.25, -0.2) is 0 Å². The van der Waals surface area contributed by atoms with Crippen molar-refractivity contribution in [2.45, 2.75) is 50.2 Å². The Labute approximate surface area is 155 Å². The highest BCUT2D eigenvalue weighted by atomic mass is 35.5. The minimum absolute atomic E-state index is 0. The molecule has 25 heavy (non-hydrogen) atoms. The largest absolute Gasteiger partial charge is 0.373 e. The zero-order chi connectivity index (χ0) is 16.9. The van der Waals surface area contributed by atoms with Gasteiger partial charge >= 0.3 is 0 Å². The van der Waals surface area contributed by atoms with Crippen LogP contribution in [0.1, 0.15) is 55.1 Å². The smallest absolute Gasteiger partial charge is 0.267 e. The van der Waals surface area contributed by atoms with E-state index in [1.165, 1.54) is 32.1 Å². The number of amides is 1. The molecule has 2 aliphatic carbocycles. The first-order chi connectivity index (χ1) is 11.5. The number of piperidine rings is 1. The molecule has 0 radical (unpaired) electrons. The summed E-state index contributed by atoms with van der Waals surface area (Å²) in [5.74, 6) is 0.433. The normalized spacial score (nSPS) is 33.4. The Bertz CT molecular complexity index is 648. The van der Waals surface area contributed by atoms with E-state index in [2.05, 4.69) is 16.8 Å². The lowest BCUT2D eigenvalue weighted by Crippen LogP contribution is -2.61. The lowest BCUT2D eigenvalue weighted by Gasteiger charge is -2.56. The van der Waals surface area contributed by atoms with E-state index in [4.69, 9.17) is 10.5 Å². The zero-order valence-electron chi connectivity index (χ0n) is 15.0. The highest BCUT2D eigenvalue weighted by molar-refractivity contribution is 5.90. The van der Waals surface area contributed by atoms with Crippen LogP contribution in [0.2, 0.25) is 0 Å². The molecule has 3 atom stereocenters. The van der Waals surface area contributed by atoms with Crippen LogP contribution in [0.15, 0.2) is 18.3 Å². The molecule has 3 aliphatic rings. The Hall–Kier alpha value is -1.17. The number of rotatable bonds is 4. The third-order valence-electron chi connectivity index (χ3n) is 6.74. The van der Waals surface area contributed by atoms with Crippen molar-refractivity contribution in [3.63, 3.8) is 0 Å². The molecule has 6 heteroatoms. The van der Waals surface area contributed by atoms with Gasteiger partial charge in [-0.2, -0.15) is 0 Å². The standard InChI is InChI=1S/C19H27N3O2.ClH/c1-18(7-8-18)22-11-14-4-3-5-15(12-22)19(14,24-2)13-6-9-21-16(10-13)17(20)23;/h6,9-10,14-15H,3-5,7-8,11-12H2,1-2H3,(H2,20,23);1H/t14-,15+,19+;. The lowest BCUT2D eigenvalue weighted by molar-refractivity contribution is -0.175. The molecule has 0 unspecified atom stereocenters. The summed E-state index contributed by atoms with van der Waals surface area (Å²) in [5.41, 5.74) is 6.95. The summed E-state index contributed by atoms with van der Waals surface area (Å²) in [4.78, 5) is 18.4. The highest BCUT2D eigenvalue weighted by Gasteiger charge is 2.57. The molecule has 1 amide bonds. The summed E-state index contributed by atoms with van der Waals surface area (Å²) in [6.45, 7) is 4.55. The van der Waals surface area contributed by atoms with Gasteiger partial charge in [-0.1, -0.05) is 6.42 Å². The summed E-state index contributed by atoms with van der Waals surface area (Å²) < 4.78 is 6.24. The SMILES string of the molecule is CO[C@@]1(c2ccnc(C(N)=O)c2)[C@@H]2CCC[C@H]1CN(C1(C)CC1)C2.Cl. The van der Waals surface area contributed by atoms with E-state index in [0.29, 0.717) is 23.1 Å². The second kappa shape index (κ2) is 6.53. The van der Waals surface area contributed by atoms with Crippen molar-refractivity contribution < 1.29 is 9.53 Å².